The zero-order chi connectivity index (χ0) is 20.3. The molecule has 1 heterocycles. The fourth-order valence-corrected chi connectivity index (χ4v) is 3.23. The molecule has 3 rings (SSSR count). The number of nitrogens with zero attached hydrogens (tertiary/aromatic N) is 1. The number of hydrogen-bond acceptors (Lipinski definition) is 6. The highest BCUT2D eigenvalue weighted by molar-refractivity contribution is 5.97. The van der Waals surface area contributed by atoms with Crippen molar-refractivity contribution in [2.24, 2.45) is 0 Å². The topological polar surface area (TPSA) is 119 Å². The molecule has 0 spiro atoms. The van der Waals surface area contributed by atoms with Gasteiger partial charge in [-0.15, -0.1) is 0 Å². The van der Waals surface area contributed by atoms with Gasteiger partial charge >= 0.3 is 0 Å². The minimum atomic E-state index is -0.658. The maximum absolute atomic E-state index is 12.6. The van der Waals surface area contributed by atoms with E-state index in [2.05, 4.69) is 5.32 Å². The van der Waals surface area contributed by atoms with E-state index in [1.54, 1.807) is 29.2 Å². The van der Waals surface area contributed by atoms with E-state index in [1.807, 2.05) is 0 Å². The van der Waals surface area contributed by atoms with Crippen molar-refractivity contribution in [2.75, 3.05) is 20.2 Å². The van der Waals surface area contributed by atoms with Gasteiger partial charge in [-0.1, -0.05) is 12.1 Å². The predicted molar refractivity (Wildman–Crippen MR) is 101 cm³/mol. The van der Waals surface area contributed by atoms with Crippen LogP contribution in [0.1, 0.15) is 33.6 Å². The summed E-state index contributed by atoms with van der Waals surface area (Å²) in [5.74, 6) is -1.85. The molecular formula is C20H22N2O6. The van der Waals surface area contributed by atoms with Crippen molar-refractivity contribution in [1.82, 2.24) is 10.2 Å². The second-order valence-electron chi connectivity index (χ2n) is 6.60. The summed E-state index contributed by atoms with van der Waals surface area (Å²) in [6.45, 7) is 0.830. The molecular weight excluding hydrogens is 364 g/mol. The molecule has 8 heteroatoms. The van der Waals surface area contributed by atoms with Gasteiger partial charge in [0.15, 0.2) is 17.2 Å². The number of benzene rings is 2. The maximum atomic E-state index is 12.6. The number of aromatic hydroxyl groups is 3. The normalized spacial score (nSPS) is 14.5. The molecule has 1 saturated heterocycles. The first-order chi connectivity index (χ1) is 13.4. The van der Waals surface area contributed by atoms with Gasteiger partial charge < -0.3 is 30.3 Å². The average Bonchev–Trinajstić information content (AvgIpc) is 2.71. The Labute approximate surface area is 162 Å². The van der Waals surface area contributed by atoms with Crippen molar-refractivity contribution >= 4 is 11.8 Å². The summed E-state index contributed by atoms with van der Waals surface area (Å²) >= 11 is 0. The Kier molecular flexibility index (Phi) is 5.58. The molecule has 4 N–H and O–H groups in total. The van der Waals surface area contributed by atoms with Crippen LogP contribution in [0.2, 0.25) is 0 Å². The Bertz CT molecular complexity index is 867. The first-order valence-electron chi connectivity index (χ1n) is 8.88. The number of para-hydroxylation sites is 1. The smallest absolute Gasteiger partial charge is 0.255 e. The van der Waals surface area contributed by atoms with Crippen LogP contribution in [0, 0.1) is 0 Å². The van der Waals surface area contributed by atoms with Crippen LogP contribution in [0.25, 0.3) is 0 Å². The molecule has 0 atom stereocenters. The Morgan fingerprint density at radius 1 is 1.07 bits per heavy atom. The first kappa shape index (κ1) is 19.3. The number of likely N-dealkylation sites (tertiary alicyclic amines) is 1. The van der Waals surface area contributed by atoms with E-state index in [0.29, 0.717) is 37.2 Å². The van der Waals surface area contributed by atoms with Gasteiger partial charge in [-0.2, -0.15) is 0 Å². The lowest BCUT2D eigenvalue weighted by atomic mass is 10.0. The maximum Gasteiger partial charge on any atom is 0.255 e. The molecule has 2 amide bonds. The fourth-order valence-electron chi connectivity index (χ4n) is 3.23. The highest BCUT2D eigenvalue weighted by atomic mass is 16.5. The van der Waals surface area contributed by atoms with Crippen molar-refractivity contribution in [1.29, 1.82) is 0 Å². The molecule has 1 aliphatic rings. The molecule has 0 saturated carbocycles. The van der Waals surface area contributed by atoms with E-state index in [1.165, 1.54) is 7.11 Å². The van der Waals surface area contributed by atoms with Crippen molar-refractivity contribution in [2.45, 2.75) is 18.9 Å². The van der Waals surface area contributed by atoms with E-state index in [-0.39, 0.29) is 23.4 Å². The SMILES string of the molecule is COc1ccccc1C(=O)NC1CCN(C(=O)c2cc(O)c(O)c(O)c2)CC1. The summed E-state index contributed by atoms with van der Waals surface area (Å²) in [4.78, 5) is 26.6. The van der Waals surface area contributed by atoms with E-state index in [9.17, 15) is 24.9 Å². The number of piperidine rings is 1. The highest BCUT2D eigenvalue weighted by Crippen LogP contribution is 2.35. The van der Waals surface area contributed by atoms with Gasteiger partial charge in [-0.25, -0.2) is 0 Å². The lowest BCUT2D eigenvalue weighted by Gasteiger charge is -2.32. The Morgan fingerprint density at radius 2 is 1.68 bits per heavy atom. The molecule has 2 aromatic rings. The first-order valence-corrected chi connectivity index (χ1v) is 8.88. The van der Waals surface area contributed by atoms with E-state index in [4.69, 9.17) is 4.74 Å². The third-order valence-corrected chi connectivity index (χ3v) is 4.79. The Hall–Kier alpha value is -3.42. The quantitative estimate of drug-likeness (QED) is 0.596. The minimum Gasteiger partial charge on any atom is -0.504 e. The lowest BCUT2D eigenvalue weighted by Crippen LogP contribution is -2.46. The zero-order valence-electron chi connectivity index (χ0n) is 15.4. The van der Waals surface area contributed by atoms with Gasteiger partial charge in [0.2, 0.25) is 0 Å². The van der Waals surface area contributed by atoms with Gasteiger partial charge in [0.1, 0.15) is 5.75 Å². The van der Waals surface area contributed by atoms with Gasteiger partial charge in [-0.3, -0.25) is 9.59 Å². The molecule has 148 valence electrons. The highest BCUT2D eigenvalue weighted by Gasteiger charge is 2.26. The van der Waals surface area contributed by atoms with E-state index >= 15 is 0 Å². The lowest BCUT2D eigenvalue weighted by molar-refractivity contribution is 0.0697. The second-order valence-corrected chi connectivity index (χ2v) is 6.60. The summed E-state index contributed by atoms with van der Waals surface area (Å²) in [7, 11) is 1.51. The van der Waals surface area contributed by atoms with Crippen LogP contribution in [-0.2, 0) is 0 Å². The van der Waals surface area contributed by atoms with E-state index in [0.717, 1.165) is 12.1 Å². The Morgan fingerprint density at radius 3 is 2.29 bits per heavy atom. The van der Waals surface area contributed by atoms with Crippen LogP contribution in [0.3, 0.4) is 0 Å². The van der Waals surface area contributed by atoms with Gasteiger partial charge in [-0.05, 0) is 37.1 Å². The number of nitrogens with one attached hydrogen (secondary N) is 1. The standard InChI is InChI=1S/C20H22N2O6/c1-28-17-5-3-2-4-14(17)19(26)21-13-6-8-22(9-7-13)20(27)12-10-15(23)18(25)16(24)11-12/h2-5,10-11,13,23-25H,6-9H2,1H3,(H,21,26). The molecule has 28 heavy (non-hydrogen) atoms. The van der Waals surface area contributed by atoms with Gasteiger partial charge in [0.25, 0.3) is 11.8 Å². The number of carbonyl (C=O) groups excluding carboxylic acids is 2. The van der Waals surface area contributed by atoms with Crippen molar-refractivity contribution < 1.29 is 29.6 Å². The largest absolute Gasteiger partial charge is 0.504 e. The van der Waals surface area contributed by atoms with Gasteiger partial charge in [0, 0.05) is 24.7 Å². The van der Waals surface area contributed by atoms with Crippen LogP contribution in [-0.4, -0.2) is 58.3 Å². The summed E-state index contributed by atoms with van der Waals surface area (Å²) in [6, 6.07) is 9.12. The van der Waals surface area contributed by atoms with Crippen LogP contribution in [0.5, 0.6) is 23.0 Å². The fraction of sp³-hybridized carbons (Fsp3) is 0.300. The average molecular weight is 386 g/mol. The van der Waals surface area contributed by atoms with Crippen molar-refractivity contribution in [3.63, 3.8) is 0 Å². The molecule has 0 aromatic heterocycles. The molecule has 0 unspecified atom stereocenters. The molecule has 0 radical (unpaired) electrons. The van der Waals surface area contributed by atoms with Gasteiger partial charge in [0.05, 0.1) is 12.7 Å². The number of hydrogen-bond donors (Lipinski definition) is 4. The predicted octanol–water partition coefficient (Wildman–Crippen LogP) is 1.85. The second kappa shape index (κ2) is 8.08. The third-order valence-electron chi connectivity index (χ3n) is 4.79. The Balaban J connectivity index is 1.60. The van der Waals surface area contributed by atoms with Crippen LogP contribution >= 0.6 is 0 Å². The number of methoxy groups -OCH3 is 1. The summed E-state index contributed by atoms with van der Waals surface area (Å²) in [6.07, 6.45) is 1.14. The molecule has 2 aromatic carbocycles. The number of ether oxygens (including phenoxy) is 1. The van der Waals surface area contributed by atoms with Crippen LogP contribution in [0.4, 0.5) is 0 Å². The van der Waals surface area contributed by atoms with Crippen molar-refractivity contribution in [3.8, 4) is 23.0 Å². The number of phenolic OH excluding ortho intramolecular Hbond substituents is 3. The summed E-state index contributed by atoms with van der Waals surface area (Å²) in [5.41, 5.74) is 0.544. The zero-order valence-corrected chi connectivity index (χ0v) is 15.4. The minimum absolute atomic E-state index is 0.0805. The van der Waals surface area contributed by atoms with Crippen LogP contribution in [0.15, 0.2) is 36.4 Å². The van der Waals surface area contributed by atoms with Crippen molar-refractivity contribution in [3.05, 3.63) is 47.5 Å². The molecule has 0 bridgehead atoms. The van der Waals surface area contributed by atoms with E-state index < -0.39 is 17.2 Å². The van der Waals surface area contributed by atoms with Crippen LogP contribution < -0.4 is 10.1 Å². The number of phenols is 3. The molecule has 1 aliphatic heterocycles. The number of amides is 2. The molecule has 8 nitrogen and oxygen atoms in total. The summed E-state index contributed by atoms with van der Waals surface area (Å²) in [5, 5.41) is 31.5. The summed E-state index contributed by atoms with van der Waals surface area (Å²) < 4.78 is 5.21. The number of rotatable bonds is 4. The molecule has 1 fully saturated rings. The molecule has 0 aliphatic carbocycles. The number of carbonyl (C=O) groups is 2. The monoisotopic (exact) mass is 386 g/mol. The third kappa shape index (κ3) is 3.95.